The Morgan fingerprint density at radius 3 is 2.48 bits per heavy atom. The average Bonchev–Trinajstić information content (AvgIpc) is 2.46. The highest BCUT2D eigenvalue weighted by Crippen LogP contribution is 2.44. The predicted octanol–water partition coefficient (Wildman–Crippen LogP) is 2.37. The Bertz CT molecular complexity index is 513. The van der Waals surface area contributed by atoms with Gasteiger partial charge >= 0.3 is 0 Å². The molecule has 116 valence electrons. The van der Waals surface area contributed by atoms with Crippen LogP contribution in [0.15, 0.2) is 12.1 Å². The zero-order chi connectivity index (χ0) is 15.0. The van der Waals surface area contributed by atoms with Crippen LogP contribution in [-0.2, 0) is 6.42 Å². The van der Waals surface area contributed by atoms with Crippen LogP contribution in [0.4, 0.5) is 11.4 Å². The summed E-state index contributed by atoms with van der Waals surface area (Å²) in [4.78, 5) is 4.95. The zero-order valence-corrected chi connectivity index (χ0v) is 13.5. The van der Waals surface area contributed by atoms with E-state index in [-0.39, 0.29) is 0 Å². The summed E-state index contributed by atoms with van der Waals surface area (Å²) in [5, 5.41) is 0. The molecule has 3 rings (SSSR count). The molecule has 2 N–H and O–H groups in total. The number of nitrogens with two attached hydrogens (primary N) is 1. The summed E-state index contributed by atoms with van der Waals surface area (Å²) in [5.74, 6) is 0.798. The summed E-state index contributed by atoms with van der Waals surface area (Å²) in [6.45, 7) is 7.02. The van der Waals surface area contributed by atoms with Crippen molar-refractivity contribution in [3.63, 3.8) is 0 Å². The minimum atomic E-state index is 0.548. The van der Waals surface area contributed by atoms with Crippen LogP contribution >= 0.6 is 0 Å². The first-order chi connectivity index (χ1) is 10.1. The molecule has 0 saturated carbocycles. The lowest BCUT2D eigenvalue weighted by atomic mass is 9.71. The topological polar surface area (TPSA) is 41.7 Å². The molecule has 2 heterocycles. The monoisotopic (exact) mass is 289 g/mol. The summed E-state index contributed by atoms with van der Waals surface area (Å²) < 4.78 is 5.40. The molecule has 21 heavy (non-hydrogen) atoms. The summed E-state index contributed by atoms with van der Waals surface area (Å²) in [7, 11) is 3.92. The summed E-state index contributed by atoms with van der Waals surface area (Å²) in [6, 6.07) is 4.20. The second-order valence-electron chi connectivity index (χ2n) is 6.74. The quantitative estimate of drug-likeness (QED) is 0.868. The minimum Gasteiger partial charge on any atom is -0.495 e. The fraction of sp³-hybridized carbons (Fsp3) is 0.647. The first-order valence-electron chi connectivity index (χ1n) is 7.97. The maximum absolute atomic E-state index is 6.04. The molecule has 0 atom stereocenters. The van der Waals surface area contributed by atoms with E-state index in [1.807, 2.05) is 0 Å². The molecule has 1 aromatic rings. The fourth-order valence-electron chi connectivity index (χ4n) is 3.73. The molecule has 1 spiro atoms. The highest BCUT2D eigenvalue weighted by Gasteiger charge is 2.44. The number of aryl methyl sites for hydroxylation is 1. The van der Waals surface area contributed by atoms with Crippen LogP contribution in [0, 0.1) is 5.41 Å². The summed E-state index contributed by atoms with van der Waals surface area (Å²) >= 11 is 0. The molecular formula is C17H27N3O. The third-order valence-electron chi connectivity index (χ3n) is 5.25. The Morgan fingerprint density at radius 2 is 1.90 bits per heavy atom. The molecule has 2 fully saturated rings. The second kappa shape index (κ2) is 5.41. The number of ether oxygens (including phenoxy) is 1. The van der Waals surface area contributed by atoms with Crippen LogP contribution < -0.4 is 15.4 Å². The molecular weight excluding hydrogens is 262 g/mol. The van der Waals surface area contributed by atoms with Gasteiger partial charge in [-0.3, -0.25) is 0 Å². The number of nitrogen functional groups attached to an aromatic ring is 1. The van der Waals surface area contributed by atoms with Gasteiger partial charge in [0.15, 0.2) is 0 Å². The lowest BCUT2D eigenvalue weighted by Gasteiger charge is -2.55. The average molecular weight is 289 g/mol. The van der Waals surface area contributed by atoms with Crippen molar-refractivity contribution in [2.24, 2.45) is 5.41 Å². The number of nitrogens with zero attached hydrogens (tertiary/aromatic N) is 2. The molecule has 2 saturated heterocycles. The van der Waals surface area contributed by atoms with Gasteiger partial charge in [-0.15, -0.1) is 0 Å². The molecule has 0 radical (unpaired) electrons. The van der Waals surface area contributed by atoms with E-state index in [4.69, 9.17) is 10.5 Å². The third kappa shape index (κ3) is 2.57. The van der Waals surface area contributed by atoms with Gasteiger partial charge < -0.3 is 20.3 Å². The van der Waals surface area contributed by atoms with Crippen LogP contribution in [-0.4, -0.2) is 45.2 Å². The van der Waals surface area contributed by atoms with Crippen molar-refractivity contribution in [2.75, 3.05) is 51.0 Å². The van der Waals surface area contributed by atoms with Gasteiger partial charge in [0.1, 0.15) is 5.75 Å². The van der Waals surface area contributed by atoms with Crippen molar-refractivity contribution >= 4 is 11.4 Å². The molecule has 4 heteroatoms. The molecule has 2 aliphatic heterocycles. The van der Waals surface area contributed by atoms with Crippen molar-refractivity contribution in [3.05, 3.63) is 17.7 Å². The normalized spacial score (nSPS) is 21.4. The highest BCUT2D eigenvalue weighted by molar-refractivity contribution is 5.68. The van der Waals surface area contributed by atoms with Gasteiger partial charge in [-0.2, -0.15) is 0 Å². The molecule has 4 nitrogen and oxygen atoms in total. The predicted molar refractivity (Wildman–Crippen MR) is 88.2 cm³/mol. The van der Waals surface area contributed by atoms with E-state index in [1.165, 1.54) is 50.3 Å². The Morgan fingerprint density at radius 1 is 1.24 bits per heavy atom. The summed E-state index contributed by atoms with van der Waals surface area (Å²) in [6.07, 6.45) is 3.66. The molecule has 0 aliphatic carbocycles. The number of anilines is 2. The summed E-state index contributed by atoms with van der Waals surface area (Å²) in [5.41, 5.74) is 9.97. The Kier molecular flexibility index (Phi) is 3.74. The van der Waals surface area contributed by atoms with E-state index in [0.717, 1.165) is 17.9 Å². The first kappa shape index (κ1) is 14.5. The van der Waals surface area contributed by atoms with Crippen molar-refractivity contribution in [2.45, 2.75) is 26.2 Å². The molecule has 0 aromatic heterocycles. The molecule has 0 amide bonds. The Balaban J connectivity index is 1.77. The number of piperidine rings is 1. The van der Waals surface area contributed by atoms with Crippen LogP contribution in [0.5, 0.6) is 5.75 Å². The van der Waals surface area contributed by atoms with Gasteiger partial charge in [0.25, 0.3) is 0 Å². The minimum absolute atomic E-state index is 0.548. The van der Waals surface area contributed by atoms with Crippen LogP contribution in [0.25, 0.3) is 0 Å². The van der Waals surface area contributed by atoms with E-state index < -0.39 is 0 Å². The highest BCUT2D eigenvalue weighted by atomic mass is 16.5. The van der Waals surface area contributed by atoms with Crippen molar-refractivity contribution in [1.29, 1.82) is 0 Å². The number of methoxy groups -OCH3 is 1. The maximum Gasteiger partial charge on any atom is 0.143 e. The molecule has 0 bridgehead atoms. The van der Waals surface area contributed by atoms with Gasteiger partial charge in [-0.25, -0.2) is 0 Å². The Hall–Kier alpha value is -1.42. The van der Waals surface area contributed by atoms with Crippen LogP contribution in [0.2, 0.25) is 0 Å². The van der Waals surface area contributed by atoms with Crippen molar-refractivity contribution < 1.29 is 4.74 Å². The standard InChI is InChI=1S/C17H27N3O/c1-4-13-9-14(18)16(21-3)10-15(13)20-11-17(12-20)5-7-19(2)8-6-17/h9-10H,4-8,11-12,18H2,1-3H3. The first-order valence-corrected chi connectivity index (χ1v) is 7.97. The lowest BCUT2D eigenvalue weighted by molar-refractivity contribution is 0.0905. The number of likely N-dealkylation sites (tertiary alicyclic amines) is 1. The van der Waals surface area contributed by atoms with E-state index in [9.17, 15) is 0 Å². The van der Waals surface area contributed by atoms with E-state index in [1.54, 1.807) is 7.11 Å². The number of hydrogen-bond donors (Lipinski definition) is 1. The maximum atomic E-state index is 6.04. The SMILES string of the molecule is CCc1cc(N)c(OC)cc1N1CC2(CCN(C)CC2)C1. The van der Waals surface area contributed by atoms with E-state index >= 15 is 0 Å². The van der Waals surface area contributed by atoms with Gasteiger partial charge in [0.2, 0.25) is 0 Å². The third-order valence-corrected chi connectivity index (χ3v) is 5.25. The van der Waals surface area contributed by atoms with Gasteiger partial charge in [-0.1, -0.05) is 6.92 Å². The molecule has 1 aromatic carbocycles. The molecule has 2 aliphatic rings. The van der Waals surface area contributed by atoms with Gasteiger partial charge in [-0.05, 0) is 51.0 Å². The fourth-order valence-corrected chi connectivity index (χ4v) is 3.73. The Labute approximate surface area is 127 Å². The van der Waals surface area contributed by atoms with Crippen LogP contribution in [0.1, 0.15) is 25.3 Å². The smallest absolute Gasteiger partial charge is 0.143 e. The van der Waals surface area contributed by atoms with Crippen LogP contribution in [0.3, 0.4) is 0 Å². The second-order valence-corrected chi connectivity index (χ2v) is 6.74. The van der Waals surface area contributed by atoms with Crippen molar-refractivity contribution in [1.82, 2.24) is 4.90 Å². The van der Waals surface area contributed by atoms with Crippen molar-refractivity contribution in [3.8, 4) is 5.75 Å². The van der Waals surface area contributed by atoms with Gasteiger partial charge in [0, 0.05) is 30.3 Å². The van der Waals surface area contributed by atoms with Gasteiger partial charge in [0.05, 0.1) is 12.8 Å². The largest absolute Gasteiger partial charge is 0.495 e. The number of hydrogen-bond acceptors (Lipinski definition) is 4. The number of benzene rings is 1. The lowest BCUT2D eigenvalue weighted by Crippen LogP contribution is -2.60. The number of rotatable bonds is 3. The van der Waals surface area contributed by atoms with E-state index in [0.29, 0.717) is 5.41 Å². The zero-order valence-electron chi connectivity index (χ0n) is 13.5. The van der Waals surface area contributed by atoms with E-state index in [2.05, 4.69) is 35.9 Å². The molecule has 0 unspecified atom stereocenters.